The summed E-state index contributed by atoms with van der Waals surface area (Å²) >= 11 is 0. The summed E-state index contributed by atoms with van der Waals surface area (Å²) in [5, 5.41) is 0. The van der Waals surface area contributed by atoms with Crippen molar-refractivity contribution in [2.45, 2.75) is 65.2 Å². The lowest BCUT2D eigenvalue weighted by atomic mass is 9.68. The van der Waals surface area contributed by atoms with E-state index in [1.165, 1.54) is 51.4 Å². The zero-order chi connectivity index (χ0) is 16.9. The maximum Gasteiger partial charge on any atom is 0.142 e. The van der Waals surface area contributed by atoms with Crippen LogP contribution in [-0.4, -0.2) is 6.29 Å². The molecule has 3 aliphatic carbocycles. The first-order valence-electron chi connectivity index (χ1n) is 10.2. The van der Waals surface area contributed by atoms with Crippen LogP contribution in [0.5, 0.6) is 0 Å². The van der Waals surface area contributed by atoms with Gasteiger partial charge in [0.25, 0.3) is 0 Å². The maximum absolute atomic E-state index is 10.5. The van der Waals surface area contributed by atoms with Crippen molar-refractivity contribution in [3.63, 3.8) is 0 Å². The molecule has 1 nitrogen and oxygen atoms in total. The molecule has 132 valence electrons. The van der Waals surface area contributed by atoms with Crippen molar-refractivity contribution in [3.05, 3.63) is 36.0 Å². The van der Waals surface area contributed by atoms with E-state index in [1.807, 2.05) is 6.08 Å². The van der Waals surface area contributed by atoms with E-state index in [1.54, 1.807) is 11.6 Å². The Labute approximate surface area is 148 Å². The third-order valence-electron chi connectivity index (χ3n) is 6.96. The normalized spacial score (nSPS) is 40.5. The largest absolute Gasteiger partial charge is 0.299 e. The number of rotatable bonds is 4. The number of carbonyl (C=O) groups excluding carboxylic acids is 1. The highest BCUT2D eigenvalue weighted by Crippen LogP contribution is 2.43. The second-order valence-electron chi connectivity index (χ2n) is 8.61. The van der Waals surface area contributed by atoms with E-state index in [9.17, 15) is 4.79 Å². The standard InChI is InChI=1S/C23H34O/c1-17-5-7-20(8-6-17)21-10-12-22(13-11-21)23-14-9-19(4-3-15-24)18(2)16-23/h3-4,9,14-22H,5-8,10-13H2,1-2H3/b4-3+. The first kappa shape index (κ1) is 17.7. The molecule has 0 N–H and O–H groups in total. The molecule has 0 bridgehead atoms. The zero-order valence-electron chi connectivity index (χ0n) is 15.5. The molecule has 0 heterocycles. The third kappa shape index (κ3) is 4.29. The highest BCUT2D eigenvalue weighted by atomic mass is 16.1. The predicted molar refractivity (Wildman–Crippen MR) is 102 cm³/mol. The van der Waals surface area contributed by atoms with Crippen molar-refractivity contribution < 1.29 is 4.79 Å². The summed E-state index contributed by atoms with van der Waals surface area (Å²) in [7, 11) is 0. The van der Waals surface area contributed by atoms with Crippen LogP contribution in [0.2, 0.25) is 0 Å². The SMILES string of the molecule is CC1CCC(C2CCC(C3=CC(C)C(/C=C/C=O)C=C3)CC2)CC1. The van der Waals surface area contributed by atoms with E-state index in [4.69, 9.17) is 0 Å². The number of hydrogen-bond acceptors (Lipinski definition) is 1. The Morgan fingerprint density at radius 3 is 2.12 bits per heavy atom. The summed E-state index contributed by atoms with van der Waals surface area (Å²) in [6.07, 6.45) is 23.2. The van der Waals surface area contributed by atoms with Crippen LogP contribution in [0.3, 0.4) is 0 Å². The summed E-state index contributed by atoms with van der Waals surface area (Å²) < 4.78 is 0. The van der Waals surface area contributed by atoms with Crippen LogP contribution >= 0.6 is 0 Å². The van der Waals surface area contributed by atoms with Crippen molar-refractivity contribution >= 4 is 6.29 Å². The van der Waals surface area contributed by atoms with Gasteiger partial charge in [0, 0.05) is 5.92 Å². The van der Waals surface area contributed by atoms with Crippen LogP contribution in [0.4, 0.5) is 0 Å². The molecule has 24 heavy (non-hydrogen) atoms. The second kappa shape index (κ2) is 8.32. The quantitative estimate of drug-likeness (QED) is 0.449. The average molecular weight is 327 g/mol. The van der Waals surface area contributed by atoms with Crippen LogP contribution in [0.15, 0.2) is 36.0 Å². The molecule has 0 radical (unpaired) electrons. The molecular weight excluding hydrogens is 292 g/mol. The van der Waals surface area contributed by atoms with Crippen molar-refractivity contribution in [3.8, 4) is 0 Å². The minimum absolute atomic E-state index is 0.388. The summed E-state index contributed by atoms with van der Waals surface area (Å²) in [6, 6.07) is 0. The van der Waals surface area contributed by atoms with E-state index in [0.717, 1.165) is 30.0 Å². The Morgan fingerprint density at radius 1 is 0.917 bits per heavy atom. The van der Waals surface area contributed by atoms with Gasteiger partial charge < -0.3 is 0 Å². The van der Waals surface area contributed by atoms with Crippen molar-refractivity contribution in [1.82, 2.24) is 0 Å². The molecule has 0 aliphatic heterocycles. The lowest BCUT2D eigenvalue weighted by Crippen LogP contribution is -2.26. The topological polar surface area (TPSA) is 17.1 Å². The molecule has 2 saturated carbocycles. The van der Waals surface area contributed by atoms with Crippen molar-refractivity contribution in [1.29, 1.82) is 0 Å². The Hall–Kier alpha value is -1.11. The van der Waals surface area contributed by atoms with Gasteiger partial charge in [-0.05, 0) is 79.8 Å². The fourth-order valence-electron chi connectivity index (χ4n) is 5.23. The van der Waals surface area contributed by atoms with Gasteiger partial charge in [-0.3, -0.25) is 4.79 Å². The molecule has 0 saturated heterocycles. The molecule has 0 aromatic heterocycles. The summed E-state index contributed by atoms with van der Waals surface area (Å²) in [5.41, 5.74) is 1.56. The Morgan fingerprint density at radius 2 is 1.54 bits per heavy atom. The molecule has 2 fully saturated rings. The Balaban J connectivity index is 1.51. The summed E-state index contributed by atoms with van der Waals surface area (Å²) in [6.45, 7) is 4.70. The van der Waals surface area contributed by atoms with Crippen molar-refractivity contribution in [2.75, 3.05) is 0 Å². The Bertz CT molecular complexity index is 496. The summed E-state index contributed by atoms with van der Waals surface area (Å²) in [5.74, 6) is 4.67. The first-order valence-corrected chi connectivity index (χ1v) is 10.2. The van der Waals surface area contributed by atoms with Gasteiger partial charge in [-0.25, -0.2) is 0 Å². The molecule has 1 heteroatoms. The fourth-order valence-corrected chi connectivity index (χ4v) is 5.23. The molecule has 2 atom stereocenters. The van der Waals surface area contributed by atoms with Crippen LogP contribution in [-0.2, 0) is 4.79 Å². The number of aldehydes is 1. The highest BCUT2D eigenvalue weighted by Gasteiger charge is 2.31. The fraction of sp³-hybridized carbons (Fsp3) is 0.696. The first-order chi connectivity index (χ1) is 11.7. The molecular formula is C23H34O. The molecule has 0 aromatic rings. The lowest BCUT2D eigenvalue weighted by molar-refractivity contribution is -0.104. The van der Waals surface area contributed by atoms with E-state index < -0.39 is 0 Å². The minimum Gasteiger partial charge on any atom is -0.299 e. The minimum atomic E-state index is 0.388. The van der Waals surface area contributed by atoms with Crippen LogP contribution in [0.25, 0.3) is 0 Å². The van der Waals surface area contributed by atoms with Crippen LogP contribution in [0, 0.1) is 35.5 Å². The zero-order valence-corrected chi connectivity index (χ0v) is 15.5. The lowest BCUT2D eigenvalue weighted by Gasteiger charge is -2.38. The molecule has 0 spiro atoms. The van der Waals surface area contributed by atoms with Gasteiger partial charge in [0.2, 0.25) is 0 Å². The van der Waals surface area contributed by atoms with Gasteiger partial charge in [-0.2, -0.15) is 0 Å². The molecule has 0 aromatic carbocycles. The molecule has 3 rings (SSSR count). The second-order valence-corrected chi connectivity index (χ2v) is 8.61. The molecule has 3 aliphatic rings. The van der Waals surface area contributed by atoms with E-state index >= 15 is 0 Å². The van der Waals surface area contributed by atoms with Gasteiger partial charge in [0.15, 0.2) is 0 Å². The van der Waals surface area contributed by atoms with Gasteiger partial charge in [-0.1, -0.05) is 51.0 Å². The van der Waals surface area contributed by atoms with E-state index in [0.29, 0.717) is 11.8 Å². The number of hydrogen-bond donors (Lipinski definition) is 0. The van der Waals surface area contributed by atoms with Gasteiger partial charge in [0.1, 0.15) is 6.29 Å². The van der Waals surface area contributed by atoms with Crippen molar-refractivity contribution in [2.24, 2.45) is 35.5 Å². The van der Waals surface area contributed by atoms with Gasteiger partial charge in [0.05, 0.1) is 0 Å². The van der Waals surface area contributed by atoms with E-state index in [-0.39, 0.29) is 0 Å². The monoisotopic (exact) mass is 326 g/mol. The Kier molecular flexibility index (Phi) is 6.14. The smallest absolute Gasteiger partial charge is 0.142 e. The number of allylic oxidation sites excluding steroid dienone is 6. The molecule has 2 unspecified atom stereocenters. The van der Waals surface area contributed by atoms with E-state index in [2.05, 4.69) is 32.1 Å². The average Bonchev–Trinajstić information content (AvgIpc) is 2.61. The maximum atomic E-state index is 10.5. The third-order valence-corrected chi connectivity index (χ3v) is 6.96. The van der Waals surface area contributed by atoms with Gasteiger partial charge >= 0.3 is 0 Å². The van der Waals surface area contributed by atoms with Crippen LogP contribution < -0.4 is 0 Å². The van der Waals surface area contributed by atoms with Gasteiger partial charge in [-0.15, -0.1) is 0 Å². The van der Waals surface area contributed by atoms with Crippen LogP contribution in [0.1, 0.15) is 65.2 Å². The molecule has 0 amide bonds. The predicted octanol–water partition coefficient (Wildman–Crippen LogP) is 6.12. The highest BCUT2D eigenvalue weighted by molar-refractivity contribution is 5.64. The number of carbonyl (C=O) groups is 1. The summed E-state index contributed by atoms with van der Waals surface area (Å²) in [4.78, 5) is 10.5.